The zero-order chi connectivity index (χ0) is 13.6. The van der Waals surface area contributed by atoms with Gasteiger partial charge in [-0.15, -0.1) is 0 Å². The van der Waals surface area contributed by atoms with Crippen LogP contribution in [0.1, 0.15) is 16.8 Å². The molecule has 2 aliphatic heterocycles. The van der Waals surface area contributed by atoms with Crippen molar-refractivity contribution in [1.82, 2.24) is 10.2 Å². The minimum atomic E-state index is -0.131. The lowest BCUT2D eigenvalue weighted by Crippen LogP contribution is -2.53. The van der Waals surface area contributed by atoms with Gasteiger partial charge in [0.1, 0.15) is 6.17 Å². The molecule has 1 N–H and O–H groups in total. The number of likely N-dealkylation sites (N-methyl/N-ethyl adjacent to an activating group) is 1. The van der Waals surface area contributed by atoms with E-state index in [0.29, 0.717) is 15.6 Å². The number of carbonyl (C=O) groups excluding carboxylic acids is 1. The monoisotopic (exact) mass is 299 g/mol. The van der Waals surface area contributed by atoms with Crippen molar-refractivity contribution in [1.29, 1.82) is 0 Å². The summed E-state index contributed by atoms with van der Waals surface area (Å²) in [5, 5.41) is 4.06. The zero-order valence-corrected chi connectivity index (χ0v) is 12.1. The van der Waals surface area contributed by atoms with E-state index in [-0.39, 0.29) is 12.1 Å². The van der Waals surface area contributed by atoms with E-state index in [0.717, 1.165) is 31.7 Å². The Morgan fingerprint density at radius 2 is 1.95 bits per heavy atom. The molecule has 1 unspecified atom stereocenters. The fourth-order valence-corrected chi connectivity index (χ4v) is 3.23. The fourth-order valence-electron chi connectivity index (χ4n) is 2.72. The smallest absolute Gasteiger partial charge is 0.256 e. The lowest BCUT2D eigenvalue weighted by molar-refractivity contribution is 0.0926. The Labute approximate surface area is 122 Å². The molecule has 0 radical (unpaired) electrons. The van der Waals surface area contributed by atoms with Crippen molar-refractivity contribution in [2.75, 3.05) is 31.6 Å². The van der Waals surface area contributed by atoms with Gasteiger partial charge in [0.2, 0.25) is 0 Å². The Hall–Kier alpha value is -0.970. The first-order chi connectivity index (χ1) is 9.08. The Morgan fingerprint density at radius 1 is 1.21 bits per heavy atom. The van der Waals surface area contributed by atoms with Crippen molar-refractivity contribution in [2.24, 2.45) is 0 Å². The van der Waals surface area contributed by atoms with Gasteiger partial charge in [0.15, 0.2) is 0 Å². The second kappa shape index (κ2) is 4.85. The number of rotatable bonds is 0. The zero-order valence-electron chi connectivity index (χ0n) is 10.6. The van der Waals surface area contributed by atoms with Crippen molar-refractivity contribution < 1.29 is 4.79 Å². The van der Waals surface area contributed by atoms with Crippen LogP contribution in [0.25, 0.3) is 0 Å². The van der Waals surface area contributed by atoms with Gasteiger partial charge in [0.05, 0.1) is 21.3 Å². The molecule has 0 saturated carbocycles. The highest BCUT2D eigenvalue weighted by Gasteiger charge is 2.35. The number of carbonyl (C=O) groups is 1. The van der Waals surface area contributed by atoms with Crippen molar-refractivity contribution in [3.63, 3.8) is 0 Å². The topological polar surface area (TPSA) is 35.6 Å². The van der Waals surface area contributed by atoms with Gasteiger partial charge < -0.3 is 15.1 Å². The number of fused-ring (bicyclic) bond motifs is 3. The molecule has 0 aliphatic carbocycles. The first-order valence-electron chi connectivity index (χ1n) is 6.32. The molecule has 4 nitrogen and oxygen atoms in total. The first kappa shape index (κ1) is 13.0. The first-order valence-corrected chi connectivity index (χ1v) is 7.07. The molecule has 6 heteroatoms. The average molecular weight is 300 g/mol. The Bertz CT molecular complexity index is 535. The summed E-state index contributed by atoms with van der Waals surface area (Å²) in [6.45, 7) is 2.72. The van der Waals surface area contributed by atoms with E-state index in [9.17, 15) is 4.79 Å². The van der Waals surface area contributed by atoms with Crippen molar-refractivity contribution >= 4 is 34.8 Å². The van der Waals surface area contributed by atoms with Gasteiger partial charge in [-0.25, -0.2) is 0 Å². The van der Waals surface area contributed by atoms with Gasteiger partial charge in [-0.3, -0.25) is 4.79 Å². The normalized spacial score (nSPS) is 23.4. The molecule has 0 bridgehead atoms. The Morgan fingerprint density at radius 3 is 2.74 bits per heavy atom. The standard InChI is InChI=1S/C13H15Cl2N3O/c1-17-5-4-10-16-13(19)11-8(14)2-3-9(15)12(11)18(10)7-6-17/h2-3,10H,4-7H2,1H3,(H,16,19). The number of benzene rings is 1. The van der Waals surface area contributed by atoms with Gasteiger partial charge in [0.25, 0.3) is 5.91 Å². The molecular formula is C13H15Cl2N3O. The second-order valence-electron chi connectivity index (χ2n) is 5.03. The summed E-state index contributed by atoms with van der Waals surface area (Å²) in [5.74, 6) is -0.131. The van der Waals surface area contributed by atoms with Crippen LogP contribution in [0.5, 0.6) is 0 Å². The van der Waals surface area contributed by atoms with Crippen LogP contribution in [0.2, 0.25) is 10.0 Å². The highest BCUT2D eigenvalue weighted by Crippen LogP contribution is 2.38. The van der Waals surface area contributed by atoms with Gasteiger partial charge >= 0.3 is 0 Å². The molecule has 3 rings (SSSR count). The summed E-state index contributed by atoms with van der Waals surface area (Å²) >= 11 is 12.4. The molecule has 1 saturated heterocycles. The number of amides is 1. The quantitative estimate of drug-likeness (QED) is 0.798. The minimum absolute atomic E-state index is 0.000849. The summed E-state index contributed by atoms with van der Waals surface area (Å²) in [6.07, 6.45) is 0.880. The van der Waals surface area contributed by atoms with Crippen molar-refractivity contribution in [3.05, 3.63) is 27.7 Å². The molecule has 2 aliphatic rings. The van der Waals surface area contributed by atoms with E-state index in [1.54, 1.807) is 12.1 Å². The van der Waals surface area contributed by atoms with Crippen LogP contribution >= 0.6 is 23.2 Å². The summed E-state index contributed by atoms with van der Waals surface area (Å²) in [4.78, 5) is 16.6. The molecular weight excluding hydrogens is 285 g/mol. The van der Waals surface area contributed by atoms with E-state index in [1.165, 1.54) is 0 Å². The lowest BCUT2D eigenvalue weighted by Gasteiger charge is -2.38. The Balaban J connectivity index is 2.10. The number of halogens is 2. The predicted molar refractivity (Wildman–Crippen MR) is 77.2 cm³/mol. The number of nitrogens with one attached hydrogen (secondary N) is 1. The molecule has 1 amide bonds. The molecule has 102 valence electrons. The molecule has 0 aromatic heterocycles. The number of nitrogens with zero attached hydrogens (tertiary/aromatic N) is 2. The lowest BCUT2D eigenvalue weighted by atomic mass is 10.1. The van der Waals surface area contributed by atoms with E-state index in [1.807, 2.05) is 0 Å². The van der Waals surface area contributed by atoms with E-state index in [2.05, 4.69) is 22.2 Å². The Kier molecular flexibility index (Phi) is 3.33. The molecule has 1 fully saturated rings. The fraction of sp³-hybridized carbons (Fsp3) is 0.462. The molecule has 1 aromatic carbocycles. The number of hydrogen-bond acceptors (Lipinski definition) is 3. The summed E-state index contributed by atoms with van der Waals surface area (Å²) in [5.41, 5.74) is 1.27. The van der Waals surface area contributed by atoms with Crippen LogP contribution in [0, 0.1) is 0 Å². The van der Waals surface area contributed by atoms with E-state index < -0.39 is 0 Å². The third kappa shape index (κ3) is 2.18. The average Bonchev–Trinajstić information content (AvgIpc) is 2.56. The van der Waals surface area contributed by atoms with Gasteiger partial charge in [0, 0.05) is 19.6 Å². The van der Waals surface area contributed by atoms with Crippen LogP contribution in [-0.2, 0) is 0 Å². The number of anilines is 1. The minimum Gasteiger partial charge on any atom is -0.348 e. The highest BCUT2D eigenvalue weighted by molar-refractivity contribution is 6.38. The summed E-state index contributed by atoms with van der Waals surface area (Å²) in [6, 6.07) is 3.43. The molecule has 2 heterocycles. The highest BCUT2D eigenvalue weighted by atomic mass is 35.5. The maximum atomic E-state index is 12.2. The van der Waals surface area contributed by atoms with E-state index in [4.69, 9.17) is 23.2 Å². The molecule has 1 aromatic rings. The maximum Gasteiger partial charge on any atom is 0.256 e. The predicted octanol–water partition coefficient (Wildman–Crippen LogP) is 2.20. The van der Waals surface area contributed by atoms with Crippen LogP contribution in [0.4, 0.5) is 5.69 Å². The van der Waals surface area contributed by atoms with Crippen LogP contribution in [0.15, 0.2) is 12.1 Å². The maximum absolute atomic E-state index is 12.2. The third-order valence-corrected chi connectivity index (χ3v) is 4.39. The summed E-state index contributed by atoms with van der Waals surface area (Å²) in [7, 11) is 2.08. The van der Waals surface area contributed by atoms with Gasteiger partial charge in [-0.2, -0.15) is 0 Å². The third-order valence-electron chi connectivity index (χ3n) is 3.77. The van der Waals surface area contributed by atoms with Crippen LogP contribution < -0.4 is 10.2 Å². The molecule has 1 atom stereocenters. The summed E-state index contributed by atoms with van der Waals surface area (Å²) < 4.78 is 0. The molecule has 19 heavy (non-hydrogen) atoms. The second-order valence-corrected chi connectivity index (χ2v) is 5.84. The van der Waals surface area contributed by atoms with Gasteiger partial charge in [-0.1, -0.05) is 23.2 Å². The number of hydrogen-bond donors (Lipinski definition) is 1. The van der Waals surface area contributed by atoms with Crippen LogP contribution in [0.3, 0.4) is 0 Å². The van der Waals surface area contributed by atoms with Crippen LogP contribution in [-0.4, -0.2) is 43.7 Å². The molecule has 0 spiro atoms. The van der Waals surface area contributed by atoms with E-state index >= 15 is 0 Å². The van der Waals surface area contributed by atoms with Crippen molar-refractivity contribution in [2.45, 2.75) is 12.6 Å². The SMILES string of the molecule is CN1CCC2NC(=O)c3c(Cl)ccc(Cl)c3N2CC1. The van der Waals surface area contributed by atoms with Crippen molar-refractivity contribution in [3.8, 4) is 0 Å². The largest absolute Gasteiger partial charge is 0.348 e. The van der Waals surface area contributed by atoms with Gasteiger partial charge in [-0.05, 0) is 25.6 Å².